The molecule has 0 aromatic carbocycles. The Labute approximate surface area is 188 Å². The first-order valence-electron chi connectivity index (χ1n) is 11.8. The predicted molar refractivity (Wildman–Crippen MR) is 123 cm³/mol. The summed E-state index contributed by atoms with van der Waals surface area (Å²) in [4.78, 5) is 27.9. The molecule has 1 aliphatic carbocycles. The van der Waals surface area contributed by atoms with Crippen LogP contribution in [0.1, 0.15) is 56.8 Å². The maximum Gasteiger partial charge on any atom is 0.227 e. The molecule has 2 N–H and O–H groups in total. The Morgan fingerprint density at radius 3 is 2.78 bits per heavy atom. The molecule has 0 bridgehead atoms. The van der Waals surface area contributed by atoms with E-state index in [0.29, 0.717) is 18.4 Å². The lowest BCUT2D eigenvalue weighted by Gasteiger charge is -2.30. The average molecular weight is 434 g/mol. The summed E-state index contributed by atoms with van der Waals surface area (Å²) in [6, 6.07) is 4.92. The fourth-order valence-electron chi connectivity index (χ4n) is 5.47. The number of rotatable bonds is 5. The van der Waals surface area contributed by atoms with Crippen LogP contribution in [0.2, 0.25) is 0 Å². The fraction of sp³-hybridized carbons (Fsp3) is 0.583. The Balaban J connectivity index is 1.43. The van der Waals surface area contributed by atoms with Crippen molar-refractivity contribution in [3.05, 3.63) is 24.3 Å². The van der Waals surface area contributed by atoms with Crippen molar-refractivity contribution in [2.45, 2.75) is 63.5 Å². The fourth-order valence-corrected chi connectivity index (χ4v) is 5.47. The number of fused-ring (bicyclic) bond motifs is 3. The number of piperidine rings is 1. The van der Waals surface area contributed by atoms with Gasteiger partial charge in [-0.05, 0) is 70.6 Å². The molecule has 1 aliphatic heterocycles. The Kier molecular flexibility index (Phi) is 5.83. The number of H-pyrrole nitrogens is 1. The predicted octanol–water partition coefficient (Wildman–Crippen LogP) is 3.31. The molecule has 1 saturated carbocycles. The van der Waals surface area contributed by atoms with Crippen LogP contribution in [0.25, 0.3) is 22.1 Å². The van der Waals surface area contributed by atoms with Crippen molar-refractivity contribution < 1.29 is 4.79 Å². The zero-order chi connectivity index (χ0) is 22.1. The molecule has 3 aromatic rings. The number of nitrogens with one attached hydrogen (secondary N) is 2. The van der Waals surface area contributed by atoms with Crippen molar-refractivity contribution in [2.75, 3.05) is 20.1 Å². The van der Waals surface area contributed by atoms with Gasteiger partial charge in [0.05, 0.1) is 24.2 Å². The Hall–Kier alpha value is -2.92. The quantitative estimate of drug-likeness (QED) is 0.643. The van der Waals surface area contributed by atoms with Crippen molar-refractivity contribution >= 4 is 28.0 Å². The highest BCUT2D eigenvalue weighted by Gasteiger charge is 2.28. The number of aromatic nitrogens is 4. The molecule has 168 valence electrons. The molecule has 8 heteroatoms. The number of nitrogens with zero attached hydrogens (tertiary/aromatic N) is 5. The number of aromatic amines is 1. The van der Waals surface area contributed by atoms with Crippen LogP contribution in [-0.2, 0) is 11.2 Å². The third-order valence-corrected chi connectivity index (χ3v) is 7.27. The topological polar surface area (TPSA) is 103 Å². The third kappa shape index (κ3) is 4.09. The van der Waals surface area contributed by atoms with Gasteiger partial charge in [-0.15, -0.1) is 0 Å². The van der Waals surface area contributed by atoms with Gasteiger partial charge >= 0.3 is 0 Å². The van der Waals surface area contributed by atoms with Crippen LogP contribution in [0.4, 0.5) is 0 Å². The Morgan fingerprint density at radius 1 is 1.25 bits per heavy atom. The van der Waals surface area contributed by atoms with Gasteiger partial charge in [-0.25, -0.2) is 9.97 Å². The van der Waals surface area contributed by atoms with E-state index < -0.39 is 0 Å². The minimum absolute atomic E-state index is 0.0487. The molecule has 4 heterocycles. The van der Waals surface area contributed by atoms with E-state index in [1.165, 1.54) is 0 Å². The lowest BCUT2D eigenvalue weighted by molar-refractivity contribution is -0.121. The second-order valence-corrected chi connectivity index (χ2v) is 9.49. The molecule has 1 amide bonds. The Bertz CT molecular complexity index is 1140. The van der Waals surface area contributed by atoms with E-state index in [2.05, 4.69) is 37.9 Å². The van der Waals surface area contributed by atoms with Gasteiger partial charge in [0.25, 0.3) is 0 Å². The van der Waals surface area contributed by atoms with Gasteiger partial charge in [0, 0.05) is 30.1 Å². The van der Waals surface area contributed by atoms with E-state index in [0.717, 1.165) is 79.5 Å². The van der Waals surface area contributed by atoms with Gasteiger partial charge in [0.15, 0.2) is 0 Å². The standard InChI is InChI=1S/C24H31N7O/c1-30-12-8-17(9-13-30)28-22(32)14-21-29-20-15-27-24-19(7-11-26-24)23(20)31(21)18-4-2-16(3-5-18)6-10-25/h7,11,15-18H,2-6,8-9,12-14H2,1H3,(H,26,27)(H,28,32)/t16-,18-. The number of hydrogen-bond acceptors (Lipinski definition) is 5. The maximum absolute atomic E-state index is 13.0. The number of nitriles is 1. The van der Waals surface area contributed by atoms with Crippen molar-refractivity contribution in [3.8, 4) is 6.07 Å². The number of carbonyl (C=O) groups excluding carboxylic acids is 1. The van der Waals surface area contributed by atoms with Gasteiger partial charge in [-0.3, -0.25) is 4.79 Å². The van der Waals surface area contributed by atoms with Crippen LogP contribution in [0, 0.1) is 17.2 Å². The van der Waals surface area contributed by atoms with Crippen LogP contribution < -0.4 is 5.32 Å². The van der Waals surface area contributed by atoms with Crippen LogP contribution >= 0.6 is 0 Å². The summed E-state index contributed by atoms with van der Waals surface area (Å²) < 4.78 is 2.31. The molecule has 0 radical (unpaired) electrons. The van der Waals surface area contributed by atoms with E-state index in [1.807, 2.05) is 18.5 Å². The van der Waals surface area contributed by atoms with Gasteiger partial charge in [-0.1, -0.05) is 0 Å². The minimum Gasteiger partial charge on any atom is -0.353 e. The molecule has 0 unspecified atom stereocenters. The van der Waals surface area contributed by atoms with Crippen LogP contribution in [-0.4, -0.2) is 56.5 Å². The van der Waals surface area contributed by atoms with E-state index >= 15 is 0 Å². The van der Waals surface area contributed by atoms with Crippen LogP contribution in [0.5, 0.6) is 0 Å². The lowest BCUT2D eigenvalue weighted by atomic mass is 9.84. The zero-order valence-corrected chi connectivity index (χ0v) is 18.7. The summed E-state index contributed by atoms with van der Waals surface area (Å²) in [5, 5.41) is 13.4. The molecule has 32 heavy (non-hydrogen) atoms. The van der Waals surface area contributed by atoms with Gasteiger partial charge in [0.1, 0.15) is 17.0 Å². The first kappa shape index (κ1) is 21.0. The van der Waals surface area contributed by atoms with E-state index in [4.69, 9.17) is 10.2 Å². The summed E-state index contributed by atoms with van der Waals surface area (Å²) in [5.74, 6) is 1.35. The molecule has 0 spiro atoms. The van der Waals surface area contributed by atoms with Crippen molar-refractivity contribution in [1.82, 2.24) is 29.7 Å². The van der Waals surface area contributed by atoms with Crippen molar-refractivity contribution in [2.24, 2.45) is 5.92 Å². The van der Waals surface area contributed by atoms with Gasteiger partial charge < -0.3 is 19.8 Å². The summed E-state index contributed by atoms with van der Waals surface area (Å²) in [7, 11) is 2.13. The molecular weight excluding hydrogens is 402 g/mol. The first-order valence-corrected chi connectivity index (χ1v) is 11.8. The van der Waals surface area contributed by atoms with Crippen LogP contribution in [0.15, 0.2) is 18.5 Å². The Morgan fingerprint density at radius 2 is 2.03 bits per heavy atom. The molecule has 2 fully saturated rings. The molecule has 1 saturated heterocycles. The second-order valence-electron chi connectivity index (χ2n) is 9.49. The summed E-state index contributed by atoms with van der Waals surface area (Å²) in [6.45, 7) is 2.04. The number of pyridine rings is 1. The maximum atomic E-state index is 13.0. The summed E-state index contributed by atoms with van der Waals surface area (Å²) in [6.07, 6.45) is 10.7. The normalized spacial score (nSPS) is 22.9. The molecular formula is C24H31N7O. The SMILES string of the molecule is CN1CCC(NC(=O)Cc2nc3cnc4[nH]ccc4c3n2[C@H]2CC[C@H](CC#N)CC2)CC1. The van der Waals surface area contributed by atoms with Crippen molar-refractivity contribution in [1.29, 1.82) is 5.26 Å². The monoisotopic (exact) mass is 433 g/mol. The number of carbonyl (C=O) groups is 1. The number of imidazole rings is 1. The van der Waals surface area contributed by atoms with Crippen LogP contribution in [0.3, 0.4) is 0 Å². The molecule has 5 rings (SSSR count). The second kappa shape index (κ2) is 8.91. The van der Waals surface area contributed by atoms with E-state index in [1.54, 1.807) is 0 Å². The first-order chi connectivity index (χ1) is 15.6. The number of hydrogen-bond donors (Lipinski definition) is 2. The largest absolute Gasteiger partial charge is 0.353 e. The van der Waals surface area contributed by atoms with Gasteiger partial charge in [-0.2, -0.15) is 5.26 Å². The average Bonchev–Trinajstić information content (AvgIpc) is 3.40. The number of likely N-dealkylation sites (tertiary alicyclic amines) is 1. The minimum atomic E-state index is 0.0487. The smallest absolute Gasteiger partial charge is 0.227 e. The molecule has 3 aromatic heterocycles. The van der Waals surface area contributed by atoms with Gasteiger partial charge in [0.2, 0.25) is 5.91 Å². The molecule has 8 nitrogen and oxygen atoms in total. The number of amides is 1. The molecule has 2 aliphatic rings. The summed E-state index contributed by atoms with van der Waals surface area (Å²) in [5.41, 5.74) is 2.76. The lowest BCUT2D eigenvalue weighted by Crippen LogP contribution is -2.44. The highest BCUT2D eigenvalue weighted by atomic mass is 16.1. The van der Waals surface area contributed by atoms with E-state index in [9.17, 15) is 4.79 Å². The van der Waals surface area contributed by atoms with Crippen molar-refractivity contribution in [3.63, 3.8) is 0 Å². The molecule has 0 atom stereocenters. The zero-order valence-electron chi connectivity index (χ0n) is 18.7. The van der Waals surface area contributed by atoms with E-state index in [-0.39, 0.29) is 18.4 Å². The highest BCUT2D eigenvalue weighted by Crippen LogP contribution is 2.38. The third-order valence-electron chi connectivity index (χ3n) is 7.27. The highest BCUT2D eigenvalue weighted by molar-refractivity contribution is 6.01. The summed E-state index contributed by atoms with van der Waals surface area (Å²) >= 11 is 0.